The van der Waals surface area contributed by atoms with E-state index in [9.17, 15) is 9.00 Å². The molecule has 0 aliphatic carbocycles. The first kappa shape index (κ1) is 11.9. The van der Waals surface area contributed by atoms with Gasteiger partial charge in [0.1, 0.15) is 5.76 Å². The van der Waals surface area contributed by atoms with Gasteiger partial charge in [-0.15, -0.1) is 0 Å². The third-order valence-electron chi connectivity index (χ3n) is 1.71. The van der Waals surface area contributed by atoms with Crippen LogP contribution in [0.25, 0.3) is 0 Å². The van der Waals surface area contributed by atoms with E-state index in [0.29, 0.717) is 17.9 Å². The average Bonchev–Trinajstić information content (AvgIpc) is 2.63. The number of carbonyl (C=O) groups is 1. The van der Waals surface area contributed by atoms with Gasteiger partial charge in [-0.3, -0.25) is 4.21 Å². The van der Waals surface area contributed by atoms with Gasteiger partial charge in [0.05, 0.1) is 5.75 Å². The lowest BCUT2D eigenvalue weighted by Gasteiger charge is -1.97. The zero-order valence-corrected chi connectivity index (χ0v) is 8.83. The summed E-state index contributed by atoms with van der Waals surface area (Å²) in [4.78, 5) is 10.5. The molecule has 0 radical (unpaired) electrons. The Hall–Kier alpha value is -1.14. The normalized spacial score (nSPS) is 12.6. The van der Waals surface area contributed by atoms with Gasteiger partial charge in [0.15, 0.2) is 0 Å². The molecule has 1 atom stereocenters. The molecule has 0 aliphatic rings. The molecular formula is C9H12O5S. The molecule has 15 heavy (non-hydrogen) atoms. The SMILES string of the molecule is O=C(O)c1ccc(CS(=O)CCCO)o1. The minimum Gasteiger partial charge on any atom is -0.475 e. The summed E-state index contributed by atoms with van der Waals surface area (Å²) in [5.74, 6) is -0.317. The monoisotopic (exact) mass is 232 g/mol. The van der Waals surface area contributed by atoms with Crippen LogP contribution in [0, 0.1) is 0 Å². The number of carboxylic acid groups (broad SMARTS) is 1. The molecule has 6 heteroatoms. The molecule has 0 saturated heterocycles. The minimum atomic E-state index is -1.14. The smallest absolute Gasteiger partial charge is 0.371 e. The maximum atomic E-state index is 11.3. The van der Waals surface area contributed by atoms with Gasteiger partial charge in [0.2, 0.25) is 5.76 Å². The predicted octanol–water partition coefficient (Wildman–Crippen LogP) is 0.609. The molecule has 1 heterocycles. The third kappa shape index (κ3) is 3.85. The van der Waals surface area contributed by atoms with E-state index >= 15 is 0 Å². The van der Waals surface area contributed by atoms with E-state index < -0.39 is 16.8 Å². The fourth-order valence-corrected chi connectivity index (χ4v) is 2.09. The second kappa shape index (κ2) is 5.67. The second-order valence-electron chi connectivity index (χ2n) is 2.94. The van der Waals surface area contributed by atoms with Crippen LogP contribution in [-0.4, -0.2) is 32.8 Å². The predicted molar refractivity (Wildman–Crippen MR) is 54.1 cm³/mol. The van der Waals surface area contributed by atoms with Gasteiger partial charge >= 0.3 is 5.97 Å². The van der Waals surface area contributed by atoms with Gasteiger partial charge in [-0.2, -0.15) is 0 Å². The van der Waals surface area contributed by atoms with Gasteiger partial charge in [-0.05, 0) is 18.6 Å². The standard InChI is InChI=1S/C9H12O5S/c10-4-1-5-15(13)6-7-2-3-8(14-7)9(11)12/h2-3,10H,1,4-6H2,(H,11,12). The summed E-state index contributed by atoms with van der Waals surface area (Å²) in [7, 11) is -1.12. The van der Waals surface area contributed by atoms with Crippen molar-refractivity contribution in [2.24, 2.45) is 0 Å². The molecule has 0 fully saturated rings. The Morgan fingerprint density at radius 1 is 1.47 bits per heavy atom. The average molecular weight is 232 g/mol. The van der Waals surface area contributed by atoms with Gasteiger partial charge in [-0.25, -0.2) is 4.79 Å². The molecule has 0 aliphatic heterocycles. The van der Waals surface area contributed by atoms with E-state index in [4.69, 9.17) is 14.6 Å². The molecular weight excluding hydrogens is 220 g/mol. The molecule has 0 amide bonds. The zero-order valence-electron chi connectivity index (χ0n) is 8.01. The molecule has 1 aromatic heterocycles. The Kier molecular flexibility index (Phi) is 4.51. The Morgan fingerprint density at radius 3 is 2.73 bits per heavy atom. The highest BCUT2D eigenvalue weighted by atomic mass is 32.2. The van der Waals surface area contributed by atoms with Crippen LogP contribution >= 0.6 is 0 Å². The lowest BCUT2D eigenvalue weighted by molar-refractivity contribution is 0.0661. The van der Waals surface area contributed by atoms with Crippen LogP contribution in [0.1, 0.15) is 22.7 Å². The quantitative estimate of drug-likeness (QED) is 0.750. The number of carboxylic acids is 1. The fraction of sp³-hybridized carbons (Fsp3) is 0.444. The zero-order chi connectivity index (χ0) is 11.3. The van der Waals surface area contributed by atoms with E-state index in [1.165, 1.54) is 12.1 Å². The van der Waals surface area contributed by atoms with Crippen molar-refractivity contribution in [1.29, 1.82) is 0 Å². The minimum absolute atomic E-state index is 0.00424. The number of hydrogen-bond donors (Lipinski definition) is 2. The summed E-state index contributed by atoms with van der Waals surface area (Å²) in [6.45, 7) is 0.00424. The van der Waals surface area contributed by atoms with Crippen molar-refractivity contribution < 1.29 is 23.6 Å². The van der Waals surface area contributed by atoms with Crippen LogP contribution < -0.4 is 0 Å². The van der Waals surface area contributed by atoms with Crippen LogP contribution in [0.15, 0.2) is 16.5 Å². The summed E-state index contributed by atoms with van der Waals surface area (Å²) in [6.07, 6.45) is 0.471. The fourth-order valence-electron chi connectivity index (χ4n) is 1.03. The van der Waals surface area contributed by atoms with Crippen LogP contribution in [0.2, 0.25) is 0 Å². The highest BCUT2D eigenvalue weighted by Gasteiger charge is 2.10. The molecule has 0 aromatic carbocycles. The Labute approximate surface area is 89.2 Å². The molecule has 2 N–H and O–H groups in total. The molecule has 0 bridgehead atoms. The lowest BCUT2D eigenvalue weighted by atomic mass is 10.4. The Balaban J connectivity index is 2.50. The molecule has 1 unspecified atom stereocenters. The molecule has 0 spiro atoms. The number of rotatable bonds is 6. The summed E-state index contributed by atoms with van der Waals surface area (Å²) >= 11 is 0. The second-order valence-corrected chi connectivity index (χ2v) is 4.51. The summed E-state index contributed by atoms with van der Waals surface area (Å²) in [6, 6.07) is 2.83. The van der Waals surface area contributed by atoms with Gasteiger partial charge in [-0.1, -0.05) is 0 Å². The van der Waals surface area contributed by atoms with E-state index in [2.05, 4.69) is 0 Å². The summed E-state index contributed by atoms with van der Waals surface area (Å²) in [5.41, 5.74) is 0. The first-order valence-corrected chi connectivity index (χ1v) is 5.90. The van der Waals surface area contributed by atoms with Crippen molar-refractivity contribution in [2.45, 2.75) is 12.2 Å². The van der Waals surface area contributed by atoms with E-state index in [1.54, 1.807) is 0 Å². The van der Waals surface area contributed by atoms with Crippen LogP contribution in [-0.2, 0) is 16.6 Å². The molecule has 0 saturated carbocycles. The van der Waals surface area contributed by atoms with Crippen LogP contribution in [0.5, 0.6) is 0 Å². The highest BCUT2D eigenvalue weighted by molar-refractivity contribution is 7.84. The summed E-state index contributed by atoms with van der Waals surface area (Å²) in [5, 5.41) is 17.1. The van der Waals surface area contributed by atoms with Crippen molar-refractivity contribution in [1.82, 2.24) is 0 Å². The van der Waals surface area contributed by atoms with Crippen molar-refractivity contribution in [3.8, 4) is 0 Å². The third-order valence-corrected chi connectivity index (χ3v) is 3.06. The van der Waals surface area contributed by atoms with Crippen molar-refractivity contribution in [2.75, 3.05) is 12.4 Å². The van der Waals surface area contributed by atoms with Crippen molar-refractivity contribution in [3.63, 3.8) is 0 Å². The lowest BCUT2D eigenvalue weighted by Crippen LogP contribution is -2.02. The molecule has 1 aromatic rings. The van der Waals surface area contributed by atoms with Crippen molar-refractivity contribution in [3.05, 3.63) is 23.7 Å². The Bertz CT molecular complexity index is 357. The molecule has 5 nitrogen and oxygen atoms in total. The summed E-state index contributed by atoms with van der Waals surface area (Å²) < 4.78 is 16.3. The van der Waals surface area contributed by atoms with E-state index in [1.807, 2.05) is 0 Å². The van der Waals surface area contributed by atoms with Crippen LogP contribution in [0.3, 0.4) is 0 Å². The van der Waals surface area contributed by atoms with E-state index in [-0.39, 0.29) is 18.1 Å². The topological polar surface area (TPSA) is 87.7 Å². The highest BCUT2D eigenvalue weighted by Crippen LogP contribution is 2.10. The maximum absolute atomic E-state index is 11.3. The maximum Gasteiger partial charge on any atom is 0.371 e. The van der Waals surface area contributed by atoms with Gasteiger partial charge in [0, 0.05) is 23.2 Å². The van der Waals surface area contributed by atoms with Crippen LogP contribution in [0.4, 0.5) is 0 Å². The number of furan rings is 1. The van der Waals surface area contributed by atoms with E-state index in [0.717, 1.165) is 0 Å². The number of aromatic carboxylic acids is 1. The largest absolute Gasteiger partial charge is 0.475 e. The number of hydrogen-bond acceptors (Lipinski definition) is 4. The first-order chi connectivity index (χ1) is 7.13. The van der Waals surface area contributed by atoms with Crippen molar-refractivity contribution >= 4 is 16.8 Å². The number of aliphatic hydroxyl groups excluding tert-OH is 1. The first-order valence-electron chi connectivity index (χ1n) is 4.41. The molecule has 1 rings (SSSR count). The van der Waals surface area contributed by atoms with Gasteiger partial charge in [0.25, 0.3) is 0 Å². The van der Waals surface area contributed by atoms with Gasteiger partial charge < -0.3 is 14.6 Å². The molecule has 84 valence electrons. The Morgan fingerprint density at radius 2 is 2.20 bits per heavy atom. The number of aliphatic hydroxyl groups is 1.